The first-order valence-electron chi connectivity index (χ1n) is 11.4. The second-order valence-corrected chi connectivity index (χ2v) is 8.34. The van der Waals surface area contributed by atoms with Crippen molar-refractivity contribution in [3.63, 3.8) is 0 Å². The molecule has 1 aromatic rings. The molecule has 2 aliphatic heterocycles. The van der Waals surface area contributed by atoms with Crippen molar-refractivity contribution in [2.75, 3.05) is 45.9 Å². The number of halogens is 1. The molecular weight excluding hydrogens is 491 g/mol. The van der Waals surface area contributed by atoms with E-state index < -0.39 is 0 Å². The molecule has 168 valence electrons. The van der Waals surface area contributed by atoms with E-state index in [1.807, 2.05) is 0 Å². The lowest BCUT2D eigenvalue weighted by molar-refractivity contribution is 0.0195. The molecule has 3 fully saturated rings. The summed E-state index contributed by atoms with van der Waals surface area (Å²) in [6, 6.07) is 9.01. The Labute approximate surface area is 198 Å². The molecule has 2 saturated heterocycles. The number of likely N-dealkylation sites (tertiary alicyclic amines) is 1. The van der Waals surface area contributed by atoms with E-state index >= 15 is 0 Å². The molecule has 0 aromatic heterocycles. The Bertz CT molecular complexity index is 675. The fraction of sp³-hybridized carbons (Fsp3) is 0.696. The molecule has 1 unspecified atom stereocenters. The van der Waals surface area contributed by atoms with Crippen molar-refractivity contribution in [3.05, 3.63) is 29.8 Å². The minimum absolute atomic E-state index is 0. The van der Waals surface area contributed by atoms with Crippen molar-refractivity contribution in [1.29, 1.82) is 0 Å². The summed E-state index contributed by atoms with van der Waals surface area (Å²) in [5.74, 6) is 2.03. The number of morpholine rings is 1. The SMILES string of the molecule is CCNC(=NCc1ccccc1OC1CCCC1)N1CCC(N2CCOCC2)C1.I. The van der Waals surface area contributed by atoms with Gasteiger partial charge in [0.2, 0.25) is 0 Å². The van der Waals surface area contributed by atoms with E-state index in [1.165, 1.54) is 37.7 Å². The lowest BCUT2D eigenvalue weighted by Gasteiger charge is -2.32. The van der Waals surface area contributed by atoms with Gasteiger partial charge in [-0.15, -0.1) is 24.0 Å². The minimum atomic E-state index is 0. The molecule has 7 heteroatoms. The van der Waals surface area contributed by atoms with Crippen molar-refractivity contribution in [2.24, 2.45) is 4.99 Å². The van der Waals surface area contributed by atoms with Crippen LogP contribution in [0.15, 0.2) is 29.3 Å². The first kappa shape index (κ1) is 23.6. The third kappa shape index (κ3) is 6.23. The molecule has 1 aromatic carbocycles. The normalized spacial score (nSPS) is 23.4. The highest BCUT2D eigenvalue weighted by Gasteiger charge is 2.30. The topological polar surface area (TPSA) is 49.3 Å². The molecule has 3 aliphatic rings. The van der Waals surface area contributed by atoms with Crippen LogP contribution in [0.2, 0.25) is 0 Å². The number of nitrogens with zero attached hydrogens (tertiary/aromatic N) is 3. The number of para-hydroxylation sites is 1. The van der Waals surface area contributed by atoms with E-state index in [4.69, 9.17) is 14.5 Å². The molecule has 4 rings (SSSR count). The molecular formula is C23H37IN4O2. The van der Waals surface area contributed by atoms with Crippen LogP contribution < -0.4 is 10.1 Å². The molecule has 30 heavy (non-hydrogen) atoms. The molecule has 0 bridgehead atoms. The summed E-state index contributed by atoms with van der Waals surface area (Å²) in [4.78, 5) is 9.99. The van der Waals surface area contributed by atoms with Gasteiger partial charge in [0.1, 0.15) is 5.75 Å². The average Bonchev–Trinajstić information content (AvgIpc) is 3.45. The molecule has 1 aliphatic carbocycles. The Morgan fingerprint density at radius 1 is 1.13 bits per heavy atom. The fourth-order valence-corrected chi connectivity index (χ4v) is 4.70. The number of nitrogens with one attached hydrogen (secondary N) is 1. The third-order valence-electron chi connectivity index (χ3n) is 6.33. The van der Waals surface area contributed by atoms with Crippen molar-refractivity contribution >= 4 is 29.9 Å². The predicted molar refractivity (Wildman–Crippen MR) is 132 cm³/mol. The van der Waals surface area contributed by atoms with E-state index in [0.29, 0.717) is 18.7 Å². The summed E-state index contributed by atoms with van der Waals surface area (Å²) in [5, 5.41) is 3.50. The lowest BCUT2D eigenvalue weighted by atomic mass is 10.2. The Balaban J connectivity index is 0.00000256. The molecule has 1 saturated carbocycles. The van der Waals surface area contributed by atoms with Crippen LogP contribution in [-0.2, 0) is 11.3 Å². The summed E-state index contributed by atoms with van der Waals surface area (Å²) in [5.41, 5.74) is 1.18. The van der Waals surface area contributed by atoms with Crippen LogP contribution in [0.5, 0.6) is 5.75 Å². The molecule has 2 heterocycles. The van der Waals surface area contributed by atoms with Gasteiger partial charge in [0, 0.05) is 44.3 Å². The maximum Gasteiger partial charge on any atom is 0.194 e. The van der Waals surface area contributed by atoms with Gasteiger partial charge in [0.25, 0.3) is 0 Å². The Morgan fingerprint density at radius 3 is 2.67 bits per heavy atom. The largest absolute Gasteiger partial charge is 0.490 e. The van der Waals surface area contributed by atoms with Crippen molar-refractivity contribution in [1.82, 2.24) is 15.1 Å². The summed E-state index contributed by atoms with van der Waals surface area (Å²) < 4.78 is 11.8. The van der Waals surface area contributed by atoms with E-state index in [0.717, 1.165) is 57.6 Å². The number of benzene rings is 1. The summed E-state index contributed by atoms with van der Waals surface area (Å²) in [7, 11) is 0. The number of hydrogen-bond donors (Lipinski definition) is 1. The zero-order valence-corrected chi connectivity index (χ0v) is 20.6. The van der Waals surface area contributed by atoms with E-state index in [9.17, 15) is 0 Å². The first-order valence-corrected chi connectivity index (χ1v) is 11.4. The quantitative estimate of drug-likeness (QED) is 0.348. The van der Waals surface area contributed by atoms with Crippen LogP contribution in [0.3, 0.4) is 0 Å². The smallest absolute Gasteiger partial charge is 0.194 e. The van der Waals surface area contributed by atoms with Crippen LogP contribution >= 0.6 is 24.0 Å². The number of hydrogen-bond acceptors (Lipinski definition) is 4. The maximum absolute atomic E-state index is 6.30. The number of rotatable bonds is 6. The zero-order chi connectivity index (χ0) is 19.9. The van der Waals surface area contributed by atoms with Gasteiger partial charge in [-0.05, 0) is 45.1 Å². The third-order valence-corrected chi connectivity index (χ3v) is 6.33. The van der Waals surface area contributed by atoms with Gasteiger partial charge < -0.3 is 19.7 Å². The van der Waals surface area contributed by atoms with Gasteiger partial charge in [0.05, 0.1) is 25.9 Å². The fourth-order valence-electron chi connectivity index (χ4n) is 4.70. The number of ether oxygens (including phenoxy) is 2. The van der Waals surface area contributed by atoms with E-state index in [1.54, 1.807) is 0 Å². The van der Waals surface area contributed by atoms with Gasteiger partial charge >= 0.3 is 0 Å². The second-order valence-electron chi connectivity index (χ2n) is 8.34. The van der Waals surface area contributed by atoms with Crippen molar-refractivity contribution in [2.45, 2.75) is 57.7 Å². The summed E-state index contributed by atoms with van der Waals surface area (Å²) in [6.45, 7) is 9.63. The van der Waals surface area contributed by atoms with Crippen LogP contribution in [-0.4, -0.2) is 73.8 Å². The maximum atomic E-state index is 6.30. The number of guanidine groups is 1. The van der Waals surface area contributed by atoms with Gasteiger partial charge in [-0.25, -0.2) is 4.99 Å². The Kier molecular flexibility index (Phi) is 9.52. The molecule has 0 radical (unpaired) electrons. The number of aliphatic imine (C=N–C) groups is 1. The Morgan fingerprint density at radius 2 is 1.90 bits per heavy atom. The van der Waals surface area contributed by atoms with Gasteiger partial charge in [-0.1, -0.05) is 18.2 Å². The standard InChI is InChI=1S/C23H36N4O2.HI/c1-2-24-23(27-12-11-20(18-27)26-13-15-28-16-14-26)25-17-19-7-3-6-10-22(19)29-21-8-4-5-9-21;/h3,6-7,10,20-21H,2,4-5,8-9,11-18H2,1H3,(H,24,25);1H. The highest BCUT2D eigenvalue weighted by molar-refractivity contribution is 14.0. The molecule has 1 N–H and O–H groups in total. The molecule has 6 nitrogen and oxygen atoms in total. The second kappa shape index (κ2) is 12.1. The molecule has 0 spiro atoms. The van der Waals surface area contributed by atoms with E-state index in [2.05, 4.69) is 46.3 Å². The highest BCUT2D eigenvalue weighted by Crippen LogP contribution is 2.27. The summed E-state index contributed by atoms with van der Waals surface area (Å²) >= 11 is 0. The van der Waals surface area contributed by atoms with Crippen molar-refractivity contribution < 1.29 is 9.47 Å². The predicted octanol–water partition coefficient (Wildman–Crippen LogP) is 3.50. The van der Waals surface area contributed by atoms with Crippen LogP contribution in [0.4, 0.5) is 0 Å². The van der Waals surface area contributed by atoms with Crippen LogP contribution in [0.25, 0.3) is 0 Å². The van der Waals surface area contributed by atoms with Gasteiger partial charge in [-0.3, -0.25) is 4.90 Å². The Hall–Kier alpha value is -1.06. The van der Waals surface area contributed by atoms with Crippen LogP contribution in [0.1, 0.15) is 44.6 Å². The average molecular weight is 528 g/mol. The first-order chi connectivity index (χ1) is 14.3. The molecule has 1 atom stereocenters. The monoisotopic (exact) mass is 528 g/mol. The van der Waals surface area contributed by atoms with Gasteiger partial charge in [0.15, 0.2) is 5.96 Å². The van der Waals surface area contributed by atoms with Gasteiger partial charge in [-0.2, -0.15) is 0 Å². The van der Waals surface area contributed by atoms with E-state index in [-0.39, 0.29) is 24.0 Å². The van der Waals surface area contributed by atoms with Crippen molar-refractivity contribution in [3.8, 4) is 5.75 Å². The summed E-state index contributed by atoms with van der Waals surface area (Å²) in [6.07, 6.45) is 6.50. The zero-order valence-electron chi connectivity index (χ0n) is 18.2. The highest BCUT2D eigenvalue weighted by atomic mass is 127. The lowest BCUT2D eigenvalue weighted by Crippen LogP contribution is -2.46. The van der Waals surface area contributed by atoms with Crippen LogP contribution in [0, 0.1) is 0 Å². The molecule has 0 amide bonds. The minimum Gasteiger partial charge on any atom is -0.490 e.